The fourth-order valence-electron chi connectivity index (χ4n) is 3.94. The number of hydrogen-bond acceptors (Lipinski definition) is 5. The molecule has 9 heteroatoms. The summed E-state index contributed by atoms with van der Waals surface area (Å²) in [5.41, 5.74) is 1.85. The van der Waals surface area contributed by atoms with E-state index in [0.29, 0.717) is 17.0 Å². The van der Waals surface area contributed by atoms with Crippen LogP contribution >= 0.6 is 0 Å². The van der Waals surface area contributed by atoms with Gasteiger partial charge in [-0.25, -0.2) is 13.8 Å². The third kappa shape index (κ3) is 5.51. The summed E-state index contributed by atoms with van der Waals surface area (Å²) in [7, 11) is 0. The van der Waals surface area contributed by atoms with Gasteiger partial charge in [-0.2, -0.15) is 10.2 Å². The largest absolute Gasteiger partial charge is 0.353 e. The summed E-state index contributed by atoms with van der Waals surface area (Å²) in [5, 5.41) is 13.5. The van der Waals surface area contributed by atoms with E-state index in [0.717, 1.165) is 21.0 Å². The first-order valence-electron chi connectivity index (χ1n) is 11.6. The molecule has 37 heavy (non-hydrogen) atoms. The highest BCUT2D eigenvalue weighted by Crippen LogP contribution is 2.22. The Morgan fingerprint density at radius 2 is 1.35 bits per heavy atom. The molecule has 0 atom stereocenters. The number of carbonyl (C=O) groups is 1. The predicted octanol–water partition coefficient (Wildman–Crippen LogP) is 3.24. The quantitative estimate of drug-likeness (QED) is 0.374. The van der Waals surface area contributed by atoms with Crippen LogP contribution in [0.1, 0.15) is 0 Å². The molecule has 0 bridgehead atoms. The molecular formula is C28H22FN5O3. The van der Waals surface area contributed by atoms with Crippen LogP contribution in [0.5, 0.6) is 0 Å². The standard InChI is InChI=1S/C28H22FN5O3/c29-23-9-7-20(8-10-23)24-11-13-27(36)33(31-24)16-15-30-26(35)18-34-28(37)14-12-25(32-34)22-6-5-19-3-1-2-4-21(19)17-22/h1-14,17H,15-16,18H2,(H,30,35). The molecule has 8 nitrogen and oxygen atoms in total. The highest BCUT2D eigenvalue weighted by Gasteiger charge is 2.10. The van der Waals surface area contributed by atoms with Gasteiger partial charge in [-0.05, 0) is 53.2 Å². The van der Waals surface area contributed by atoms with E-state index in [1.165, 1.54) is 28.9 Å². The third-order valence-corrected chi connectivity index (χ3v) is 5.86. The Bertz CT molecular complexity index is 1710. The number of aromatic nitrogens is 4. The average Bonchev–Trinajstić information content (AvgIpc) is 2.91. The number of amides is 1. The Labute approximate surface area is 210 Å². The first-order chi connectivity index (χ1) is 18.0. The number of nitrogens with one attached hydrogen (secondary N) is 1. The highest BCUT2D eigenvalue weighted by atomic mass is 19.1. The van der Waals surface area contributed by atoms with Gasteiger partial charge in [0.05, 0.1) is 17.9 Å². The Kier molecular flexibility index (Phi) is 6.67. The monoisotopic (exact) mass is 495 g/mol. The summed E-state index contributed by atoms with van der Waals surface area (Å²) in [6.45, 7) is -0.0189. The molecule has 0 saturated heterocycles. The van der Waals surface area contributed by atoms with Gasteiger partial charge in [0, 0.05) is 29.8 Å². The minimum atomic E-state index is -0.423. The first kappa shape index (κ1) is 23.8. The van der Waals surface area contributed by atoms with E-state index in [1.54, 1.807) is 24.3 Å². The topological polar surface area (TPSA) is 98.9 Å². The van der Waals surface area contributed by atoms with Gasteiger partial charge in [0.25, 0.3) is 11.1 Å². The van der Waals surface area contributed by atoms with Gasteiger partial charge in [0.1, 0.15) is 12.4 Å². The van der Waals surface area contributed by atoms with E-state index in [-0.39, 0.29) is 31.0 Å². The lowest BCUT2D eigenvalue weighted by Crippen LogP contribution is -2.36. The molecule has 184 valence electrons. The van der Waals surface area contributed by atoms with E-state index in [1.807, 2.05) is 42.5 Å². The number of nitrogens with zero attached hydrogens (tertiary/aromatic N) is 4. The lowest BCUT2D eigenvalue weighted by Gasteiger charge is -2.10. The Hall–Kier alpha value is -4.92. The van der Waals surface area contributed by atoms with Crippen molar-refractivity contribution in [3.8, 4) is 22.5 Å². The molecule has 0 aliphatic heterocycles. The smallest absolute Gasteiger partial charge is 0.267 e. The van der Waals surface area contributed by atoms with Gasteiger partial charge in [0.15, 0.2) is 0 Å². The van der Waals surface area contributed by atoms with Gasteiger partial charge in [0.2, 0.25) is 5.91 Å². The van der Waals surface area contributed by atoms with Crippen LogP contribution in [0.25, 0.3) is 33.3 Å². The van der Waals surface area contributed by atoms with Crippen LogP contribution in [0.15, 0.2) is 101 Å². The molecule has 5 rings (SSSR count). The number of halogens is 1. The fraction of sp³-hybridized carbons (Fsp3) is 0.107. The van der Waals surface area contributed by atoms with Crippen molar-refractivity contribution in [1.82, 2.24) is 24.9 Å². The van der Waals surface area contributed by atoms with Gasteiger partial charge in [-0.1, -0.05) is 36.4 Å². The molecule has 2 aromatic heterocycles. The molecule has 0 fully saturated rings. The molecule has 0 aliphatic carbocycles. The van der Waals surface area contributed by atoms with Crippen molar-refractivity contribution in [2.75, 3.05) is 6.54 Å². The second-order valence-corrected chi connectivity index (χ2v) is 8.41. The lowest BCUT2D eigenvalue weighted by atomic mass is 10.1. The second-order valence-electron chi connectivity index (χ2n) is 8.41. The number of fused-ring (bicyclic) bond motifs is 1. The summed E-state index contributed by atoms with van der Waals surface area (Å²) in [4.78, 5) is 37.0. The van der Waals surface area contributed by atoms with Crippen molar-refractivity contribution >= 4 is 16.7 Å². The van der Waals surface area contributed by atoms with E-state index < -0.39 is 11.5 Å². The van der Waals surface area contributed by atoms with Gasteiger partial charge < -0.3 is 5.32 Å². The predicted molar refractivity (Wildman–Crippen MR) is 138 cm³/mol. The van der Waals surface area contributed by atoms with E-state index in [9.17, 15) is 18.8 Å². The molecule has 2 heterocycles. The normalized spacial score (nSPS) is 10.9. The molecule has 5 aromatic rings. The molecule has 3 aromatic carbocycles. The number of hydrogen-bond donors (Lipinski definition) is 1. The Balaban J connectivity index is 1.25. The van der Waals surface area contributed by atoms with Crippen LogP contribution < -0.4 is 16.4 Å². The van der Waals surface area contributed by atoms with Crippen LogP contribution in [-0.2, 0) is 17.9 Å². The van der Waals surface area contributed by atoms with Crippen LogP contribution in [0.3, 0.4) is 0 Å². The summed E-state index contributed by atoms with van der Waals surface area (Å²) >= 11 is 0. The minimum Gasteiger partial charge on any atom is -0.353 e. The van der Waals surface area contributed by atoms with Crippen LogP contribution in [0, 0.1) is 5.82 Å². The number of carbonyl (C=O) groups excluding carboxylic acids is 1. The zero-order chi connectivity index (χ0) is 25.8. The summed E-state index contributed by atoms with van der Waals surface area (Å²) < 4.78 is 15.5. The van der Waals surface area contributed by atoms with Crippen molar-refractivity contribution in [3.63, 3.8) is 0 Å². The third-order valence-electron chi connectivity index (χ3n) is 5.86. The molecule has 0 saturated carbocycles. The summed E-state index contributed by atoms with van der Waals surface area (Å²) in [5.74, 6) is -0.788. The minimum absolute atomic E-state index is 0.123. The molecule has 0 aliphatic rings. The zero-order valence-electron chi connectivity index (χ0n) is 19.7. The molecule has 1 N–H and O–H groups in total. The maximum absolute atomic E-state index is 13.2. The Morgan fingerprint density at radius 3 is 2.11 bits per heavy atom. The van der Waals surface area contributed by atoms with E-state index in [2.05, 4.69) is 15.5 Å². The molecular weight excluding hydrogens is 473 g/mol. The van der Waals surface area contributed by atoms with Gasteiger partial charge in [-0.3, -0.25) is 14.4 Å². The van der Waals surface area contributed by atoms with Crippen LogP contribution in [0.4, 0.5) is 4.39 Å². The fourth-order valence-corrected chi connectivity index (χ4v) is 3.94. The highest BCUT2D eigenvalue weighted by molar-refractivity contribution is 5.86. The van der Waals surface area contributed by atoms with Crippen LogP contribution in [-0.4, -0.2) is 32.0 Å². The maximum Gasteiger partial charge on any atom is 0.267 e. The van der Waals surface area contributed by atoms with E-state index >= 15 is 0 Å². The van der Waals surface area contributed by atoms with Gasteiger partial charge in [-0.15, -0.1) is 0 Å². The number of rotatable bonds is 7. The molecule has 0 spiro atoms. The van der Waals surface area contributed by atoms with Crippen molar-refractivity contribution in [2.45, 2.75) is 13.1 Å². The SMILES string of the molecule is O=C(Cn1nc(-c2ccc3ccccc3c2)ccc1=O)NCCn1nc(-c2ccc(F)cc2)ccc1=O. The Morgan fingerprint density at radius 1 is 0.730 bits per heavy atom. The van der Waals surface area contributed by atoms with Gasteiger partial charge >= 0.3 is 0 Å². The summed E-state index contributed by atoms with van der Waals surface area (Å²) in [6, 6.07) is 25.5. The average molecular weight is 496 g/mol. The molecule has 0 radical (unpaired) electrons. The maximum atomic E-state index is 13.2. The van der Waals surface area contributed by atoms with Crippen molar-refractivity contribution in [2.24, 2.45) is 0 Å². The number of benzene rings is 3. The van der Waals surface area contributed by atoms with Crippen molar-refractivity contribution in [1.29, 1.82) is 0 Å². The zero-order valence-corrected chi connectivity index (χ0v) is 19.7. The molecule has 1 amide bonds. The van der Waals surface area contributed by atoms with Crippen LogP contribution in [0.2, 0.25) is 0 Å². The van der Waals surface area contributed by atoms with Crippen molar-refractivity contribution < 1.29 is 9.18 Å². The van der Waals surface area contributed by atoms with E-state index in [4.69, 9.17) is 0 Å². The lowest BCUT2D eigenvalue weighted by molar-refractivity contribution is -0.121. The first-order valence-corrected chi connectivity index (χ1v) is 11.6. The van der Waals surface area contributed by atoms with Crippen molar-refractivity contribution in [3.05, 3.63) is 118 Å². The second kappa shape index (κ2) is 10.4. The molecule has 0 unspecified atom stereocenters. The summed E-state index contributed by atoms with van der Waals surface area (Å²) in [6.07, 6.45) is 0.